The topological polar surface area (TPSA) is 76.4 Å². The number of ether oxygens (including phenoxy) is 1. The van der Waals surface area contributed by atoms with Crippen LogP contribution in [-0.2, 0) is 11.3 Å². The van der Waals surface area contributed by atoms with Gasteiger partial charge in [-0.05, 0) is 18.5 Å². The van der Waals surface area contributed by atoms with E-state index in [1.54, 1.807) is 7.11 Å². The van der Waals surface area contributed by atoms with Gasteiger partial charge in [0.2, 0.25) is 0 Å². The summed E-state index contributed by atoms with van der Waals surface area (Å²) in [5.41, 5.74) is 6.54. The Labute approximate surface area is 108 Å². The maximum atomic E-state index is 11.7. The molecule has 5 heteroatoms. The largest absolute Gasteiger partial charge is 0.383 e. The van der Waals surface area contributed by atoms with Crippen molar-refractivity contribution < 1.29 is 9.53 Å². The van der Waals surface area contributed by atoms with Crippen LogP contribution < -0.4 is 16.4 Å². The highest BCUT2D eigenvalue weighted by Crippen LogP contribution is 1.97. The number of urea groups is 1. The summed E-state index contributed by atoms with van der Waals surface area (Å²) < 4.78 is 5.02. The summed E-state index contributed by atoms with van der Waals surface area (Å²) in [7, 11) is 1.60. The van der Waals surface area contributed by atoms with Crippen molar-refractivity contribution in [1.82, 2.24) is 10.6 Å². The number of rotatable bonds is 7. The zero-order valence-electron chi connectivity index (χ0n) is 10.7. The van der Waals surface area contributed by atoms with Crippen LogP contribution in [0.3, 0.4) is 0 Å². The number of nitrogens with one attached hydrogen (secondary N) is 2. The Morgan fingerprint density at radius 2 is 2.11 bits per heavy atom. The van der Waals surface area contributed by atoms with Gasteiger partial charge >= 0.3 is 6.03 Å². The van der Waals surface area contributed by atoms with E-state index in [1.165, 1.54) is 0 Å². The fourth-order valence-electron chi connectivity index (χ4n) is 1.61. The van der Waals surface area contributed by atoms with Gasteiger partial charge in [0.05, 0.1) is 12.6 Å². The predicted octanol–water partition coefficient (Wildman–Crippen LogP) is 0.850. The lowest BCUT2D eigenvalue weighted by Crippen LogP contribution is -2.44. The third kappa shape index (κ3) is 5.65. The van der Waals surface area contributed by atoms with Crippen LogP contribution in [0.2, 0.25) is 0 Å². The van der Waals surface area contributed by atoms with Crippen LogP contribution in [0, 0.1) is 0 Å². The van der Waals surface area contributed by atoms with Gasteiger partial charge in [-0.2, -0.15) is 0 Å². The second-order valence-corrected chi connectivity index (χ2v) is 4.04. The molecule has 0 heterocycles. The highest BCUT2D eigenvalue weighted by atomic mass is 16.5. The minimum atomic E-state index is -0.200. The molecule has 0 aliphatic rings. The Kier molecular flexibility index (Phi) is 6.83. The molecule has 0 saturated carbocycles. The summed E-state index contributed by atoms with van der Waals surface area (Å²) in [6.45, 7) is 1.50. The molecule has 2 amide bonds. The van der Waals surface area contributed by atoms with Gasteiger partial charge in [0.1, 0.15) is 0 Å². The molecule has 0 saturated heterocycles. The smallest absolute Gasteiger partial charge is 0.315 e. The Balaban J connectivity index is 2.31. The van der Waals surface area contributed by atoms with Crippen molar-refractivity contribution in [1.29, 1.82) is 0 Å². The summed E-state index contributed by atoms with van der Waals surface area (Å²) in [5, 5.41) is 5.63. The van der Waals surface area contributed by atoms with Gasteiger partial charge in [-0.15, -0.1) is 0 Å². The summed E-state index contributed by atoms with van der Waals surface area (Å²) in [5.74, 6) is 0. The highest BCUT2D eigenvalue weighted by Gasteiger charge is 2.10. The quantitative estimate of drug-likeness (QED) is 0.672. The Morgan fingerprint density at radius 1 is 1.39 bits per heavy atom. The van der Waals surface area contributed by atoms with Gasteiger partial charge in [0.15, 0.2) is 0 Å². The van der Waals surface area contributed by atoms with E-state index in [0.29, 0.717) is 26.1 Å². The van der Waals surface area contributed by atoms with Gasteiger partial charge in [-0.3, -0.25) is 0 Å². The molecule has 0 radical (unpaired) electrons. The van der Waals surface area contributed by atoms with Gasteiger partial charge < -0.3 is 21.1 Å². The standard InChI is InChI=1S/C13H21N3O2/c1-18-10-12(7-8-14)16-13(17)15-9-11-5-3-2-4-6-11/h2-6,12H,7-10,14H2,1H3,(H2,15,16,17). The van der Waals surface area contributed by atoms with E-state index in [1.807, 2.05) is 30.3 Å². The molecular formula is C13H21N3O2. The van der Waals surface area contributed by atoms with E-state index in [-0.39, 0.29) is 12.1 Å². The number of methoxy groups -OCH3 is 1. The number of amides is 2. The number of hydrogen-bond donors (Lipinski definition) is 3. The van der Waals surface area contributed by atoms with E-state index < -0.39 is 0 Å². The number of benzene rings is 1. The number of carbonyl (C=O) groups excluding carboxylic acids is 1. The maximum Gasteiger partial charge on any atom is 0.315 e. The van der Waals surface area contributed by atoms with Crippen LogP contribution in [-0.4, -0.2) is 32.3 Å². The van der Waals surface area contributed by atoms with Crippen LogP contribution in [0.5, 0.6) is 0 Å². The van der Waals surface area contributed by atoms with E-state index >= 15 is 0 Å². The van der Waals surface area contributed by atoms with E-state index in [2.05, 4.69) is 10.6 Å². The second kappa shape index (κ2) is 8.49. The fourth-order valence-corrected chi connectivity index (χ4v) is 1.61. The van der Waals surface area contributed by atoms with Crippen LogP contribution >= 0.6 is 0 Å². The van der Waals surface area contributed by atoms with Gasteiger partial charge in [0, 0.05) is 13.7 Å². The normalized spacial score (nSPS) is 11.9. The molecule has 1 unspecified atom stereocenters. The van der Waals surface area contributed by atoms with Crippen molar-refractivity contribution in [2.45, 2.75) is 19.0 Å². The lowest BCUT2D eigenvalue weighted by Gasteiger charge is -2.17. The first-order valence-electron chi connectivity index (χ1n) is 6.03. The fraction of sp³-hybridized carbons (Fsp3) is 0.462. The van der Waals surface area contributed by atoms with Crippen LogP contribution in [0.15, 0.2) is 30.3 Å². The second-order valence-electron chi connectivity index (χ2n) is 4.04. The molecule has 18 heavy (non-hydrogen) atoms. The van der Waals surface area contributed by atoms with Gasteiger partial charge in [-0.1, -0.05) is 30.3 Å². The summed E-state index contributed by atoms with van der Waals surface area (Å²) in [4.78, 5) is 11.7. The molecule has 1 aromatic carbocycles. The molecule has 0 aliphatic carbocycles. The summed E-state index contributed by atoms with van der Waals surface area (Å²) >= 11 is 0. The highest BCUT2D eigenvalue weighted by molar-refractivity contribution is 5.74. The first-order valence-corrected chi connectivity index (χ1v) is 6.03. The summed E-state index contributed by atoms with van der Waals surface area (Å²) in [6.07, 6.45) is 0.701. The SMILES string of the molecule is COCC(CCN)NC(=O)NCc1ccccc1. The zero-order valence-corrected chi connectivity index (χ0v) is 10.7. The molecule has 1 aromatic rings. The molecule has 0 spiro atoms. The maximum absolute atomic E-state index is 11.7. The van der Waals surface area contributed by atoms with E-state index in [4.69, 9.17) is 10.5 Å². The molecule has 0 aromatic heterocycles. The van der Waals surface area contributed by atoms with Crippen molar-refractivity contribution in [3.8, 4) is 0 Å². The van der Waals surface area contributed by atoms with Crippen molar-refractivity contribution in [3.63, 3.8) is 0 Å². The molecule has 0 bridgehead atoms. The van der Waals surface area contributed by atoms with Crippen molar-refractivity contribution in [3.05, 3.63) is 35.9 Å². The number of carbonyl (C=O) groups is 1. The Bertz CT molecular complexity index is 337. The van der Waals surface area contributed by atoms with Crippen molar-refractivity contribution >= 4 is 6.03 Å². The lowest BCUT2D eigenvalue weighted by molar-refractivity contribution is 0.162. The first-order chi connectivity index (χ1) is 8.76. The van der Waals surface area contributed by atoms with Crippen LogP contribution in [0.1, 0.15) is 12.0 Å². The molecule has 1 atom stereocenters. The van der Waals surface area contributed by atoms with E-state index in [9.17, 15) is 4.79 Å². The zero-order chi connectivity index (χ0) is 13.2. The molecule has 0 fully saturated rings. The molecule has 0 aliphatic heterocycles. The predicted molar refractivity (Wildman–Crippen MR) is 71.1 cm³/mol. The van der Waals surface area contributed by atoms with Crippen molar-refractivity contribution in [2.75, 3.05) is 20.3 Å². The van der Waals surface area contributed by atoms with Gasteiger partial charge in [0.25, 0.3) is 0 Å². The third-order valence-electron chi connectivity index (χ3n) is 2.51. The van der Waals surface area contributed by atoms with Gasteiger partial charge in [-0.25, -0.2) is 4.79 Å². The number of hydrogen-bond acceptors (Lipinski definition) is 3. The average Bonchev–Trinajstić information content (AvgIpc) is 2.38. The lowest BCUT2D eigenvalue weighted by atomic mass is 10.2. The Hall–Kier alpha value is -1.59. The average molecular weight is 251 g/mol. The monoisotopic (exact) mass is 251 g/mol. The number of nitrogens with two attached hydrogens (primary N) is 1. The van der Waals surface area contributed by atoms with Crippen LogP contribution in [0.4, 0.5) is 4.79 Å². The minimum absolute atomic E-state index is 0.0456. The molecule has 4 N–H and O–H groups in total. The molecule has 5 nitrogen and oxygen atoms in total. The molecule has 1 rings (SSSR count). The van der Waals surface area contributed by atoms with Crippen molar-refractivity contribution in [2.24, 2.45) is 5.73 Å². The van der Waals surface area contributed by atoms with Crippen LogP contribution in [0.25, 0.3) is 0 Å². The first kappa shape index (κ1) is 14.5. The third-order valence-corrected chi connectivity index (χ3v) is 2.51. The van der Waals surface area contributed by atoms with E-state index in [0.717, 1.165) is 5.56 Å². The molecule has 100 valence electrons. The minimum Gasteiger partial charge on any atom is -0.383 e. The Morgan fingerprint density at radius 3 is 2.72 bits per heavy atom. The summed E-state index contributed by atoms with van der Waals surface area (Å²) in [6, 6.07) is 9.51. The molecular weight excluding hydrogens is 230 g/mol.